The van der Waals surface area contributed by atoms with Gasteiger partial charge in [0.1, 0.15) is 19.8 Å². The number of rotatable bonds is 11. The van der Waals surface area contributed by atoms with E-state index in [2.05, 4.69) is 0 Å². The average Bonchev–Trinajstić information content (AvgIpc) is 2.97. The summed E-state index contributed by atoms with van der Waals surface area (Å²) in [5, 5.41) is 11.7. The molecule has 0 heterocycles. The van der Waals surface area contributed by atoms with Crippen LogP contribution in [0, 0.1) is 10.1 Å². The van der Waals surface area contributed by atoms with Crippen molar-refractivity contribution in [1.29, 1.82) is 0 Å². The van der Waals surface area contributed by atoms with Crippen LogP contribution in [0.3, 0.4) is 0 Å². The molecule has 0 saturated heterocycles. The fourth-order valence-electron chi connectivity index (χ4n) is 3.64. The summed E-state index contributed by atoms with van der Waals surface area (Å²) in [5.41, 5.74) is -4.20. The molecule has 41 heavy (non-hydrogen) atoms. The lowest BCUT2D eigenvalue weighted by atomic mass is 9.86. The van der Waals surface area contributed by atoms with E-state index in [4.69, 9.17) is 58.5 Å². The lowest BCUT2D eigenvalue weighted by Crippen LogP contribution is -2.55. The zero-order chi connectivity index (χ0) is 30.1. The van der Waals surface area contributed by atoms with E-state index in [0.29, 0.717) is 11.1 Å². The summed E-state index contributed by atoms with van der Waals surface area (Å²) in [4.78, 5) is 51.1. The highest BCUT2D eigenvalue weighted by molar-refractivity contribution is 6.67. The van der Waals surface area contributed by atoms with Crippen LogP contribution in [0.4, 0.5) is 4.79 Å². The molecule has 0 fully saturated rings. The molecule has 2 unspecified atom stereocenters. The maximum atomic E-state index is 13.7. The molecular formula is C27H24Cl3NO10. The number of nitrogens with zero attached hydrogens (tertiary/aromatic N) is 1. The summed E-state index contributed by atoms with van der Waals surface area (Å²) in [5.74, 6) is -2.89. The van der Waals surface area contributed by atoms with E-state index in [-0.39, 0.29) is 18.8 Å². The van der Waals surface area contributed by atoms with E-state index in [1.165, 1.54) is 0 Å². The highest BCUT2D eigenvalue weighted by atomic mass is 35.6. The predicted octanol–water partition coefficient (Wildman–Crippen LogP) is 5.24. The Kier molecular flexibility index (Phi) is 10.7. The molecule has 3 rings (SSSR count). The van der Waals surface area contributed by atoms with E-state index in [0.717, 1.165) is 25.3 Å². The van der Waals surface area contributed by atoms with Crippen LogP contribution < -0.4 is 0 Å². The Morgan fingerprint density at radius 1 is 0.902 bits per heavy atom. The first-order chi connectivity index (χ1) is 19.4. The second-order valence-electron chi connectivity index (χ2n) is 8.56. The molecule has 0 N–H and O–H groups in total. The molecule has 1 aliphatic rings. The number of hydrogen-bond acceptors (Lipinski definition) is 10. The quantitative estimate of drug-likeness (QED) is 0.0617. The summed E-state index contributed by atoms with van der Waals surface area (Å²) < 4.78 is 23.9. The van der Waals surface area contributed by atoms with Crippen molar-refractivity contribution < 1.29 is 43.0 Å². The molecule has 0 aromatic heterocycles. The molecule has 0 bridgehead atoms. The number of benzene rings is 2. The molecule has 0 radical (unpaired) electrons. The second kappa shape index (κ2) is 13.8. The van der Waals surface area contributed by atoms with Gasteiger partial charge >= 0.3 is 29.4 Å². The minimum Gasteiger partial charge on any atom is -0.457 e. The van der Waals surface area contributed by atoms with Crippen LogP contribution in [0.25, 0.3) is 0 Å². The van der Waals surface area contributed by atoms with Crippen molar-refractivity contribution in [3.63, 3.8) is 0 Å². The van der Waals surface area contributed by atoms with Crippen molar-refractivity contribution in [3.05, 3.63) is 106 Å². The second-order valence-corrected chi connectivity index (χ2v) is 11.1. The third-order valence-electron chi connectivity index (χ3n) is 5.80. The van der Waals surface area contributed by atoms with Crippen molar-refractivity contribution in [2.45, 2.75) is 34.8 Å². The van der Waals surface area contributed by atoms with Crippen LogP contribution in [-0.2, 0) is 46.5 Å². The van der Waals surface area contributed by atoms with Gasteiger partial charge in [0, 0.05) is 18.8 Å². The third-order valence-corrected chi connectivity index (χ3v) is 6.12. The Balaban J connectivity index is 2.02. The van der Waals surface area contributed by atoms with E-state index < -0.39 is 51.2 Å². The Morgan fingerprint density at radius 3 is 1.90 bits per heavy atom. The Hall–Kier alpha value is -3.64. The Bertz CT molecular complexity index is 1310. The number of ether oxygens (including phenoxy) is 5. The Morgan fingerprint density at radius 2 is 1.44 bits per heavy atom. The first-order valence-electron chi connectivity index (χ1n) is 11.9. The maximum Gasteiger partial charge on any atom is 0.510 e. The largest absolute Gasteiger partial charge is 0.510 e. The van der Waals surface area contributed by atoms with Crippen LogP contribution >= 0.6 is 34.8 Å². The lowest BCUT2D eigenvalue weighted by molar-refractivity contribution is -0.610. The topological polar surface area (TPSA) is 141 Å². The molecule has 14 heteroatoms. The van der Waals surface area contributed by atoms with Crippen LogP contribution in [0.2, 0.25) is 0 Å². The van der Waals surface area contributed by atoms with E-state index in [1.807, 2.05) is 0 Å². The summed E-state index contributed by atoms with van der Waals surface area (Å²) in [7, 11) is 1.11. The number of esters is 2. The molecule has 11 nitrogen and oxygen atoms in total. The van der Waals surface area contributed by atoms with Gasteiger partial charge in [-0.25, -0.2) is 14.4 Å². The normalized spacial score (nSPS) is 17.9. The summed E-state index contributed by atoms with van der Waals surface area (Å²) >= 11 is 17.2. The van der Waals surface area contributed by atoms with Crippen molar-refractivity contribution in [2.75, 3.05) is 13.7 Å². The van der Waals surface area contributed by atoms with Gasteiger partial charge in [-0.05, 0) is 17.2 Å². The van der Waals surface area contributed by atoms with Crippen LogP contribution in [0.1, 0.15) is 17.5 Å². The number of carbonyl (C=O) groups excluding carboxylic acids is 3. The van der Waals surface area contributed by atoms with Crippen molar-refractivity contribution >= 4 is 52.9 Å². The third kappa shape index (κ3) is 8.20. The predicted molar refractivity (Wildman–Crippen MR) is 147 cm³/mol. The fourth-order valence-corrected chi connectivity index (χ4v) is 3.80. The number of alkyl halides is 3. The molecule has 0 amide bonds. The minimum atomic E-state index is -2.97. The van der Waals surface area contributed by atoms with Gasteiger partial charge in [0.2, 0.25) is 3.79 Å². The van der Waals surface area contributed by atoms with Crippen molar-refractivity contribution in [3.8, 4) is 0 Å². The van der Waals surface area contributed by atoms with Crippen molar-refractivity contribution in [2.24, 2.45) is 0 Å². The number of methoxy groups -OCH3 is 1. The van der Waals surface area contributed by atoms with Gasteiger partial charge in [0.25, 0.3) is 0 Å². The van der Waals surface area contributed by atoms with E-state index in [9.17, 15) is 24.5 Å². The van der Waals surface area contributed by atoms with Gasteiger partial charge in [-0.3, -0.25) is 10.1 Å². The number of nitro groups is 1. The summed E-state index contributed by atoms with van der Waals surface area (Å²) in [6.07, 6.45) is 1.19. The molecule has 0 aliphatic heterocycles. The first kappa shape index (κ1) is 31.9. The van der Waals surface area contributed by atoms with E-state index >= 15 is 0 Å². The zero-order valence-corrected chi connectivity index (χ0v) is 23.8. The van der Waals surface area contributed by atoms with Crippen molar-refractivity contribution in [1.82, 2.24) is 0 Å². The van der Waals surface area contributed by atoms with Gasteiger partial charge in [-0.1, -0.05) is 102 Å². The number of carbonyl (C=O) groups is 3. The highest BCUT2D eigenvalue weighted by Gasteiger charge is 2.58. The Labute approximate surface area is 249 Å². The molecule has 0 spiro atoms. The number of halogens is 3. The average molecular weight is 629 g/mol. The van der Waals surface area contributed by atoms with Gasteiger partial charge in [0.05, 0.1) is 11.3 Å². The molecule has 218 valence electrons. The van der Waals surface area contributed by atoms with Gasteiger partial charge in [-0.2, -0.15) is 0 Å². The molecule has 2 aromatic rings. The molecule has 2 aromatic carbocycles. The van der Waals surface area contributed by atoms with E-state index in [1.54, 1.807) is 60.7 Å². The molecular weight excluding hydrogens is 605 g/mol. The minimum absolute atomic E-state index is 0.277. The van der Waals surface area contributed by atoms with Gasteiger partial charge < -0.3 is 23.7 Å². The molecule has 0 saturated carbocycles. The number of hydrogen-bond donors (Lipinski definition) is 0. The van der Waals surface area contributed by atoms with Crippen LogP contribution in [0.5, 0.6) is 0 Å². The summed E-state index contributed by atoms with van der Waals surface area (Å²) in [6.45, 7) is -1.46. The van der Waals surface area contributed by atoms with Crippen LogP contribution in [-0.4, -0.2) is 51.9 Å². The zero-order valence-electron chi connectivity index (χ0n) is 21.5. The summed E-state index contributed by atoms with van der Waals surface area (Å²) in [6, 6.07) is 16.9. The van der Waals surface area contributed by atoms with Gasteiger partial charge in [-0.15, -0.1) is 0 Å². The first-order valence-corrected chi connectivity index (χ1v) is 13.0. The lowest BCUT2D eigenvalue weighted by Gasteiger charge is -2.32. The monoisotopic (exact) mass is 627 g/mol. The van der Waals surface area contributed by atoms with Gasteiger partial charge in [0.15, 0.2) is 0 Å². The van der Waals surface area contributed by atoms with Crippen LogP contribution in [0.15, 0.2) is 84.5 Å². The SMILES string of the molecule is COC1([N+](=O)[O-])C=CC(C(OC(=O)OCc2ccccc2)(C(=O)OCc2ccccc2)C(=O)OCC(Cl)(Cl)Cl)=CC1. The standard InChI is InChI=1S/C27H24Cl3NO10/c1-37-25(31(35)36)14-12-21(13-15-25)27(23(33)40-18-26(28,29)30,22(32)38-16-19-8-4-2-5-9-19)41-24(34)39-17-20-10-6-3-7-11-20/h2-14H,15-18H2,1H3. The highest BCUT2D eigenvalue weighted by Crippen LogP contribution is 2.36. The fraction of sp³-hybridized carbons (Fsp3) is 0.296. The maximum absolute atomic E-state index is 13.7. The smallest absolute Gasteiger partial charge is 0.457 e. The molecule has 1 aliphatic carbocycles. The molecule has 2 atom stereocenters.